The first-order chi connectivity index (χ1) is 12.6. The molecule has 146 valence electrons. The fraction of sp³-hybridized carbons (Fsp3) is 0.350. The Kier molecular flexibility index (Phi) is 7.29. The zero-order valence-electron chi connectivity index (χ0n) is 15.7. The van der Waals surface area contributed by atoms with Gasteiger partial charge in [-0.05, 0) is 42.7 Å². The Labute approximate surface area is 176 Å². The van der Waals surface area contributed by atoms with Gasteiger partial charge >= 0.3 is 0 Å². The SMILES string of the molecule is CN=C(NCC1(c2ccc(F)cc2)CC1)Nc1ccc(OC)c(OC)c1.I. The summed E-state index contributed by atoms with van der Waals surface area (Å²) >= 11 is 0. The van der Waals surface area contributed by atoms with Crippen LogP contribution in [0, 0.1) is 5.82 Å². The quantitative estimate of drug-likeness (QED) is 0.366. The monoisotopic (exact) mass is 485 g/mol. The Morgan fingerprint density at radius 1 is 1.07 bits per heavy atom. The molecule has 0 radical (unpaired) electrons. The molecule has 0 atom stereocenters. The highest BCUT2D eigenvalue weighted by molar-refractivity contribution is 14.0. The minimum absolute atomic E-state index is 0. The molecule has 5 nitrogen and oxygen atoms in total. The number of nitrogens with zero attached hydrogens (tertiary/aromatic N) is 1. The van der Waals surface area contributed by atoms with Crippen LogP contribution in [-0.2, 0) is 5.41 Å². The molecule has 2 aromatic carbocycles. The van der Waals surface area contributed by atoms with E-state index in [1.165, 1.54) is 12.1 Å². The van der Waals surface area contributed by atoms with Crippen molar-refractivity contribution < 1.29 is 13.9 Å². The van der Waals surface area contributed by atoms with Crippen LogP contribution in [0.4, 0.5) is 10.1 Å². The second-order valence-corrected chi connectivity index (χ2v) is 6.41. The van der Waals surface area contributed by atoms with Gasteiger partial charge in [-0.1, -0.05) is 12.1 Å². The molecule has 0 bridgehead atoms. The molecular formula is C20H25FIN3O2. The summed E-state index contributed by atoms with van der Waals surface area (Å²) in [5.41, 5.74) is 2.07. The summed E-state index contributed by atoms with van der Waals surface area (Å²) in [6.45, 7) is 0.742. The van der Waals surface area contributed by atoms with Crippen molar-refractivity contribution in [3.8, 4) is 11.5 Å². The van der Waals surface area contributed by atoms with Crippen LogP contribution >= 0.6 is 24.0 Å². The normalized spacial score (nSPS) is 14.7. The first-order valence-electron chi connectivity index (χ1n) is 8.56. The van der Waals surface area contributed by atoms with Crippen molar-refractivity contribution in [1.82, 2.24) is 5.32 Å². The van der Waals surface area contributed by atoms with E-state index in [9.17, 15) is 4.39 Å². The molecule has 0 aromatic heterocycles. The molecule has 3 rings (SSSR count). The van der Waals surface area contributed by atoms with Crippen molar-refractivity contribution in [3.05, 3.63) is 53.8 Å². The summed E-state index contributed by atoms with van der Waals surface area (Å²) in [5.74, 6) is 1.79. The first kappa shape index (κ1) is 21.3. The first-order valence-corrected chi connectivity index (χ1v) is 8.56. The van der Waals surface area contributed by atoms with Crippen LogP contribution in [0.1, 0.15) is 18.4 Å². The Balaban J connectivity index is 0.00000261. The summed E-state index contributed by atoms with van der Waals surface area (Å²) in [5, 5.41) is 6.63. The third-order valence-electron chi connectivity index (χ3n) is 4.77. The number of rotatable bonds is 6. The van der Waals surface area contributed by atoms with E-state index in [1.807, 2.05) is 30.3 Å². The zero-order chi connectivity index (χ0) is 18.6. The number of halogens is 2. The lowest BCUT2D eigenvalue weighted by molar-refractivity contribution is 0.355. The Bertz CT molecular complexity index is 792. The lowest BCUT2D eigenvalue weighted by Gasteiger charge is -2.19. The summed E-state index contributed by atoms with van der Waals surface area (Å²) < 4.78 is 23.7. The molecule has 7 heteroatoms. The van der Waals surface area contributed by atoms with E-state index in [1.54, 1.807) is 21.3 Å². The minimum atomic E-state index is -0.205. The van der Waals surface area contributed by atoms with E-state index in [0.29, 0.717) is 17.5 Å². The highest BCUT2D eigenvalue weighted by atomic mass is 127. The topological polar surface area (TPSA) is 54.9 Å². The molecule has 0 amide bonds. The average Bonchev–Trinajstić information content (AvgIpc) is 3.46. The number of methoxy groups -OCH3 is 2. The molecule has 0 unspecified atom stereocenters. The number of hydrogen-bond donors (Lipinski definition) is 2. The number of hydrogen-bond acceptors (Lipinski definition) is 3. The molecular weight excluding hydrogens is 460 g/mol. The summed E-state index contributed by atoms with van der Waals surface area (Å²) in [6.07, 6.45) is 2.16. The zero-order valence-corrected chi connectivity index (χ0v) is 18.0. The van der Waals surface area contributed by atoms with Crippen LogP contribution in [0.5, 0.6) is 11.5 Å². The molecule has 1 aliphatic carbocycles. The van der Waals surface area contributed by atoms with E-state index in [4.69, 9.17) is 9.47 Å². The van der Waals surface area contributed by atoms with E-state index in [2.05, 4.69) is 15.6 Å². The molecule has 2 aromatic rings. The number of anilines is 1. The fourth-order valence-corrected chi connectivity index (χ4v) is 3.00. The number of benzene rings is 2. The van der Waals surface area contributed by atoms with Gasteiger partial charge in [-0.25, -0.2) is 4.39 Å². The lowest BCUT2D eigenvalue weighted by atomic mass is 9.96. The largest absolute Gasteiger partial charge is 0.493 e. The minimum Gasteiger partial charge on any atom is -0.493 e. The summed E-state index contributed by atoms with van der Waals surface area (Å²) in [7, 11) is 4.94. The molecule has 1 saturated carbocycles. The number of guanidine groups is 1. The van der Waals surface area contributed by atoms with Gasteiger partial charge in [0.25, 0.3) is 0 Å². The van der Waals surface area contributed by atoms with Crippen LogP contribution in [0.2, 0.25) is 0 Å². The molecule has 0 saturated heterocycles. The standard InChI is InChI=1S/C20H24FN3O2.HI/c1-22-19(24-16-8-9-17(25-2)18(12-16)26-3)23-13-20(10-11-20)14-4-6-15(21)7-5-14;/h4-9,12H,10-11,13H2,1-3H3,(H2,22,23,24);1H. The van der Waals surface area contributed by atoms with Crippen molar-refractivity contribution in [2.45, 2.75) is 18.3 Å². The molecule has 0 spiro atoms. The second-order valence-electron chi connectivity index (χ2n) is 6.41. The van der Waals surface area contributed by atoms with Crippen molar-refractivity contribution >= 4 is 35.6 Å². The van der Waals surface area contributed by atoms with E-state index >= 15 is 0 Å². The average molecular weight is 485 g/mol. The third-order valence-corrected chi connectivity index (χ3v) is 4.77. The molecule has 27 heavy (non-hydrogen) atoms. The Morgan fingerprint density at radius 3 is 2.30 bits per heavy atom. The van der Waals surface area contributed by atoms with Gasteiger partial charge in [-0.2, -0.15) is 0 Å². The molecule has 0 aliphatic heterocycles. The van der Waals surface area contributed by atoms with Gasteiger partial charge in [0.15, 0.2) is 17.5 Å². The van der Waals surface area contributed by atoms with Gasteiger partial charge < -0.3 is 20.1 Å². The van der Waals surface area contributed by atoms with Crippen molar-refractivity contribution in [1.29, 1.82) is 0 Å². The van der Waals surface area contributed by atoms with Crippen molar-refractivity contribution in [3.63, 3.8) is 0 Å². The van der Waals surface area contributed by atoms with Crippen LogP contribution in [0.3, 0.4) is 0 Å². The predicted molar refractivity (Wildman–Crippen MR) is 117 cm³/mol. The maximum atomic E-state index is 13.2. The number of nitrogens with one attached hydrogen (secondary N) is 2. The maximum absolute atomic E-state index is 13.2. The van der Waals surface area contributed by atoms with E-state index < -0.39 is 0 Å². The van der Waals surface area contributed by atoms with Crippen LogP contribution in [0.15, 0.2) is 47.5 Å². The molecule has 2 N–H and O–H groups in total. The van der Waals surface area contributed by atoms with Gasteiger partial charge in [0, 0.05) is 30.8 Å². The highest BCUT2D eigenvalue weighted by Crippen LogP contribution is 2.47. The smallest absolute Gasteiger partial charge is 0.195 e. The molecule has 1 fully saturated rings. The van der Waals surface area contributed by atoms with E-state index in [0.717, 1.165) is 30.6 Å². The highest BCUT2D eigenvalue weighted by Gasteiger charge is 2.44. The van der Waals surface area contributed by atoms with Gasteiger partial charge in [0.05, 0.1) is 14.2 Å². The second kappa shape index (κ2) is 9.25. The summed E-state index contributed by atoms with van der Waals surface area (Å²) in [4.78, 5) is 4.28. The maximum Gasteiger partial charge on any atom is 0.195 e. The van der Waals surface area contributed by atoms with Crippen LogP contribution in [0.25, 0.3) is 0 Å². The van der Waals surface area contributed by atoms with Gasteiger partial charge in [-0.15, -0.1) is 24.0 Å². The van der Waals surface area contributed by atoms with Crippen molar-refractivity contribution in [2.24, 2.45) is 4.99 Å². The van der Waals surface area contributed by atoms with E-state index in [-0.39, 0.29) is 35.2 Å². The summed E-state index contributed by atoms with van der Waals surface area (Å²) in [6, 6.07) is 12.4. The van der Waals surface area contributed by atoms with Crippen LogP contribution < -0.4 is 20.1 Å². The molecule has 1 aliphatic rings. The van der Waals surface area contributed by atoms with Gasteiger partial charge in [0.2, 0.25) is 0 Å². The predicted octanol–water partition coefficient (Wildman–Crippen LogP) is 4.18. The van der Waals surface area contributed by atoms with Gasteiger partial charge in [-0.3, -0.25) is 4.99 Å². The van der Waals surface area contributed by atoms with Crippen molar-refractivity contribution in [2.75, 3.05) is 33.1 Å². The lowest BCUT2D eigenvalue weighted by Crippen LogP contribution is -2.36. The Morgan fingerprint density at radius 2 is 1.74 bits per heavy atom. The Hall–Kier alpha value is -2.03. The van der Waals surface area contributed by atoms with Crippen LogP contribution in [-0.4, -0.2) is 33.8 Å². The number of ether oxygens (including phenoxy) is 2. The third kappa shape index (κ3) is 5.03. The van der Waals surface area contributed by atoms with Gasteiger partial charge in [0.1, 0.15) is 5.82 Å². The fourth-order valence-electron chi connectivity index (χ4n) is 3.00. The molecule has 0 heterocycles. The number of aliphatic imine (C=N–C) groups is 1.